The number of hydrogen-bond donors (Lipinski definition) is 1. The summed E-state index contributed by atoms with van der Waals surface area (Å²) in [6, 6.07) is 13.1. The van der Waals surface area contributed by atoms with Gasteiger partial charge in [0, 0.05) is 18.8 Å². The molecule has 0 aliphatic heterocycles. The summed E-state index contributed by atoms with van der Waals surface area (Å²) < 4.78 is 41.1. The maximum absolute atomic E-state index is 13.0. The first-order chi connectivity index (χ1) is 12.4. The fraction of sp³-hybridized carbons (Fsp3) is 0.263. The average molecular weight is 358 g/mol. The van der Waals surface area contributed by atoms with Gasteiger partial charge in [0.05, 0.1) is 28.2 Å². The number of nitrogens with zero attached hydrogens (tertiary/aromatic N) is 3. The van der Waals surface area contributed by atoms with E-state index in [9.17, 15) is 13.2 Å². The van der Waals surface area contributed by atoms with Crippen LogP contribution in [0.3, 0.4) is 0 Å². The lowest BCUT2D eigenvalue weighted by atomic mass is 10.1. The predicted molar refractivity (Wildman–Crippen MR) is 93.7 cm³/mol. The molecule has 26 heavy (non-hydrogen) atoms. The van der Waals surface area contributed by atoms with Crippen LogP contribution in [0, 0.1) is 18.3 Å². The van der Waals surface area contributed by atoms with Gasteiger partial charge in [-0.2, -0.15) is 18.4 Å². The first-order valence-electron chi connectivity index (χ1n) is 8.17. The molecule has 0 aliphatic rings. The summed E-state index contributed by atoms with van der Waals surface area (Å²) in [7, 11) is 0. The van der Waals surface area contributed by atoms with Crippen LogP contribution < -0.4 is 5.32 Å². The molecule has 0 radical (unpaired) electrons. The molecule has 134 valence electrons. The van der Waals surface area contributed by atoms with Gasteiger partial charge in [-0.3, -0.25) is 0 Å². The molecule has 3 rings (SSSR count). The molecule has 3 aromatic rings. The Kier molecular flexibility index (Phi) is 4.85. The summed E-state index contributed by atoms with van der Waals surface area (Å²) in [6.45, 7) is 3.15. The van der Waals surface area contributed by atoms with Gasteiger partial charge in [-0.15, -0.1) is 0 Å². The van der Waals surface area contributed by atoms with Crippen LogP contribution >= 0.6 is 0 Å². The van der Waals surface area contributed by atoms with E-state index in [1.807, 2.05) is 31.2 Å². The van der Waals surface area contributed by atoms with Crippen molar-refractivity contribution in [2.45, 2.75) is 26.1 Å². The van der Waals surface area contributed by atoms with Crippen LogP contribution in [0.5, 0.6) is 0 Å². The first-order valence-corrected chi connectivity index (χ1v) is 8.17. The van der Waals surface area contributed by atoms with E-state index in [0.717, 1.165) is 29.3 Å². The van der Waals surface area contributed by atoms with Crippen LogP contribution in [-0.2, 0) is 12.7 Å². The maximum Gasteiger partial charge on any atom is 0.417 e. The molecule has 0 bridgehead atoms. The van der Waals surface area contributed by atoms with Crippen molar-refractivity contribution < 1.29 is 13.2 Å². The topological polar surface area (TPSA) is 53.6 Å². The Morgan fingerprint density at radius 3 is 2.69 bits per heavy atom. The van der Waals surface area contributed by atoms with Gasteiger partial charge in [0.1, 0.15) is 5.82 Å². The minimum Gasteiger partial charge on any atom is -0.385 e. The zero-order valence-corrected chi connectivity index (χ0v) is 14.1. The first kappa shape index (κ1) is 17.8. The van der Waals surface area contributed by atoms with Gasteiger partial charge in [-0.1, -0.05) is 12.1 Å². The maximum atomic E-state index is 13.0. The lowest BCUT2D eigenvalue weighted by molar-refractivity contribution is -0.137. The van der Waals surface area contributed by atoms with E-state index in [1.54, 1.807) is 6.07 Å². The van der Waals surface area contributed by atoms with Crippen molar-refractivity contribution >= 4 is 16.7 Å². The number of aromatic nitrogens is 2. The van der Waals surface area contributed by atoms with Crippen LogP contribution in [0.1, 0.15) is 23.4 Å². The highest BCUT2D eigenvalue weighted by atomic mass is 19.4. The number of para-hydroxylation sites is 2. The zero-order valence-electron chi connectivity index (χ0n) is 14.1. The third-order valence-electron chi connectivity index (χ3n) is 4.18. The van der Waals surface area contributed by atoms with Crippen LogP contribution in [0.2, 0.25) is 0 Å². The van der Waals surface area contributed by atoms with E-state index in [-0.39, 0.29) is 5.56 Å². The van der Waals surface area contributed by atoms with Gasteiger partial charge in [0.2, 0.25) is 0 Å². The highest BCUT2D eigenvalue weighted by molar-refractivity contribution is 5.75. The Labute approximate surface area is 148 Å². The van der Waals surface area contributed by atoms with Gasteiger partial charge in [0.25, 0.3) is 0 Å². The molecule has 0 saturated heterocycles. The van der Waals surface area contributed by atoms with Crippen molar-refractivity contribution in [3.63, 3.8) is 0 Å². The Bertz CT molecular complexity index is 967. The molecule has 0 spiro atoms. The lowest BCUT2D eigenvalue weighted by Gasteiger charge is -2.13. The number of halogens is 3. The van der Waals surface area contributed by atoms with Crippen molar-refractivity contribution in [2.75, 3.05) is 11.9 Å². The van der Waals surface area contributed by atoms with Gasteiger partial charge in [0.15, 0.2) is 0 Å². The van der Waals surface area contributed by atoms with E-state index in [0.29, 0.717) is 18.8 Å². The summed E-state index contributed by atoms with van der Waals surface area (Å²) in [5.41, 5.74) is 1.04. The normalized spacial score (nSPS) is 11.5. The third-order valence-corrected chi connectivity index (χ3v) is 4.18. The highest BCUT2D eigenvalue weighted by Gasteiger charge is 2.33. The predicted octanol–water partition coefficient (Wildman–Crippen LogP) is 4.74. The summed E-state index contributed by atoms with van der Waals surface area (Å²) in [4.78, 5) is 4.49. The Morgan fingerprint density at radius 2 is 1.96 bits per heavy atom. The number of hydrogen-bond acceptors (Lipinski definition) is 3. The van der Waals surface area contributed by atoms with Gasteiger partial charge < -0.3 is 9.88 Å². The molecular formula is C19H17F3N4. The SMILES string of the molecule is Cc1nc2ccccc2n1CCCNc1ccc(C#N)c(C(F)(F)F)c1. The second-order valence-corrected chi connectivity index (χ2v) is 5.95. The number of nitriles is 1. The number of nitrogens with one attached hydrogen (secondary N) is 1. The van der Waals surface area contributed by atoms with Crippen molar-refractivity contribution in [3.05, 3.63) is 59.4 Å². The van der Waals surface area contributed by atoms with Gasteiger partial charge in [-0.25, -0.2) is 4.98 Å². The second kappa shape index (κ2) is 7.08. The van der Waals surface area contributed by atoms with Crippen LogP contribution in [0.4, 0.5) is 18.9 Å². The number of fused-ring (bicyclic) bond motifs is 1. The average Bonchev–Trinajstić information content (AvgIpc) is 2.93. The van der Waals surface area contributed by atoms with E-state index in [4.69, 9.17) is 5.26 Å². The fourth-order valence-corrected chi connectivity index (χ4v) is 2.93. The zero-order chi connectivity index (χ0) is 18.7. The molecular weight excluding hydrogens is 341 g/mol. The molecule has 0 aliphatic carbocycles. The number of imidazole rings is 1. The summed E-state index contributed by atoms with van der Waals surface area (Å²) in [6.07, 6.45) is -3.82. The van der Waals surface area contributed by atoms with E-state index in [2.05, 4.69) is 14.9 Å². The Hall–Kier alpha value is -3.01. The van der Waals surface area contributed by atoms with Crippen LogP contribution in [0.25, 0.3) is 11.0 Å². The molecule has 0 saturated carbocycles. The molecule has 2 aromatic carbocycles. The highest BCUT2D eigenvalue weighted by Crippen LogP contribution is 2.33. The number of aryl methyl sites for hydroxylation is 2. The van der Waals surface area contributed by atoms with Crippen molar-refractivity contribution in [3.8, 4) is 6.07 Å². The monoisotopic (exact) mass is 358 g/mol. The molecule has 0 fully saturated rings. The minimum absolute atomic E-state index is 0.350. The standard InChI is InChI=1S/C19H17F3N4/c1-13-25-17-5-2-3-6-18(17)26(13)10-4-9-24-15-8-7-14(12-23)16(11-15)19(20,21)22/h2-3,5-8,11,24H,4,9-10H2,1H3. The molecule has 1 aromatic heterocycles. The quantitative estimate of drug-likeness (QED) is 0.671. The largest absolute Gasteiger partial charge is 0.417 e. The lowest BCUT2D eigenvalue weighted by Crippen LogP contribution is -2.11. The van der Waals surface area contributed by atoms with Crippen molar-refractivity contribution in [2.24, 2.45) is 0 Å². The molecule has 0 atom stereocenters. The number of rotatable bonds is 5. The number of anilines is 1. The van der Waals surface area contributed by atoms with Gasteiger partial charge in [-0.05, 0) is 43.7 Å². The van der Waals surface area contributed by atoms with E-state index >= 15 is 0 Å². The van der Waals surface area contributed by atoms with E-state index in [1.165, 1.54) is 12.1 Å². The summed E-state index contributed by atoms with van der Waals surface area (Å²) in [5.74, 6) is 0.906. The molecule has 0 amide bonds. The molecule has 7 heteroatoms. The number of alkyl halides is 3. The summed E-state index contributed by atoms with van der Waals surface area (Å²) in [5, 5.41) is 11.8. The van der Waals surface area contributed by atoms with E-state index < -0.39 is 11.7 Å². The second-order valence-electron chi connectivity index (χ2n) is 5.95. The molecule has 4 nitrogen and oxygen atoms in total. The molecule has 0 unspecified atom stereocenters. The third kappa shape index (κ3) is 3.64. The van der Waals surface area contributed by atoms with Crippen LogP contribution in [-0.4, -0.2) is 16.1 Å². The van der Waals surface area contributed by atoms with Crippen molar-refractivity contribution in [1.82, 2.24) is 9.55 Å². The minimum atomic E-state index is -4.55. The van der Waals surface area contributed by atoms with Crippen molar-refractivity contribution in [1.29, 1.82) is 5.26 Å². The van der Waals surface area contributed by atoms with Gasteiger partial charge >= 0.3 is 6.18 Å². The molecule has 1 heterocycles. The Balaban J connectivity index is 1.65. The Morgan fingerprint density at radius 1 is 1.19 bits per heavy atom. The van der Waals surface area contributed by atoms with Crippen LogP contribution in [0.15, 0.2) is 42.5 Å². The fourth-order valence-electron chi connectivity index (χ4n) is 2.93. The smallest absolute Gasteiger partial charge is 0.385 e. The molecule has 1 N–H and O–H groups in total. The number of benzene rings is 2. The summed E-state index contributed by atoms with van der Waals surface area (Å²) >= 11 is 0.